The molecule has 2 N–H and O–H groups in total. The van der Waals surface area contributed by atoms with Gasteiger partial charge in [-0.25, -0.2) is 4.79 Å². The van der Waals surface area contributed by atoms with Crippen molar-refractivity contribution < 1.29 is 24.2 Å². The molecular formula is C12H19NO5. The van der Waals surface area contributed by atoms with Crippen molar-refractivity contribution in [2.75, 3.05) is 19.8 Å². The Morgan fingerprint density at radius 3 is 2.61 bits per heavy atom. The largest absolute Gasteiger partial charge is 0.479 e. The van der Waals surface area contributed by atoms with E-state index in [1.807, 2.05) is 0 Å². The summed E-state index contributed by atoms with van der Waals surface area (Å²) in [5.74, 6) is -0.838. The third-order valence-corrected chi connectivity index (χ3v) is 3.41. The van der Waals surface area contributed by atoms with Crippen LogP contribution in [-0.4, -0.2) is 48.9 Å². The van der Waals surface area contributed by atoms with Crippen LogP contribution in [0.1, 0.15) is 25.7 Å². The number of aliphatic carboxylic acids is 1. The summed E-state index contributed by atoms with van der Waals surface area (Å²) < 4.78 is 10.5. The highest BCUT2D eigenvalue weighted by molar-refractivity contribution is 5.82. The van der Waals surface area contributed by atoms with Gasteiger partial charge in [0, 0.05) is 13.2 Å². The first-order valence-electron chi connectivity index (χ1n) is 6.40. The van der Waals surface area contributed by atoms with Crippen molar-refractivity contribution in [3.63, 3.8) is 0 Å². The van der Waals surface area contributed by atoms with Gasteiger partial charge in [0.1, 0.15) is 6.10 Å². The maximum atomic E-state index is 11.8. The smallest absolute Gasteiger partial charge is 0.332 e. The molecule has 1 amide bonds. The molecule has 0 bridgehead atoms. The van der Waals surface area contributed by atoms with Crippen LogP contribution in [0.3, 0.4) is 0 Å². The first kappa shape index (κ1) is 13.3. The van der Waals surface area contributed by atoms with Crippen LogP contribution in [-0.2, 0) is 19.1 Å². The molecular weight excluding hydrogens is 238 g/mol. The molecule has 0 radical (unpaired) electrons. The van der Waals surface area contributed by atoms with Crippen molar-refractivity contribution in [2.24, 2.45) is 5.92 Å². The molecule has 0 aromatic rings. The summed E-state index contributed by atoms with van der Waals surface area (Å²) in [5.41, 5.74) is 0. The molecule has 18 heavy (non-hydrogen) atoms. The quantitative estimate of drug-likeness (QED) is 0.749. The normalized spacial score (nSPS) is 32.1. The second-order valence-corrected chi connectivity index (χ2v) is 4.86. The van der Waals surface area contributed by atoms with Crippen molar-refractivity contribution in [1.82, 2.24) is 5.32 Å². The van der Waals surface area contributed by atoms with Crippen LogP contribution < -0.4 is 5.32 Å². The highest BCUT2D eigenvalue weighted by Gasteiger charge is 2.34. The van der Waals surface area contributed by atoms with Crippen LogP contribution >= 0.6 is 0 Å². The number of carbonyl (C=O) groups is 2. The lowest BCUT2D eigenvalue weighted by Gasteiger charge is -2.22. The van der Waals surface area contributed by atoms with Gasteiger partial charge in [0.2, 0.25) is 5.91 Å². The summed E-state index contributed by atoms with van der Waals surface area (Å²) >= 11 is 0. The molecule has 2 rings (SSSR count). The van der Waals surface area contributed by atoms with Crippen molar-refractivity contribution in [3.05, 3.63) is 0 Å². The third kappa shape index (κ3) is 3.43. The number of hydrogen-bond donors (Lipinski definition) is 2. The second kappa shape index (κ2) is 6.15. The molecule has 2 heterocycles. The Hall–Kier alpha value is -1.14. The van der Waals surface area contributed by atoms with E-state index in [2.05, 4.69) is 5.32 Å². The predicted molar refractivity (Wildman–Crippen MR) is 62.1 cm³/mol. The highest BCUT2D eigenvalue weighted by Crippen LogP contribution is 2.20. The molecule has 0 aromatic heterocycles. The predicted octanol–water partition coefficient (Wildman–Crippen LogP) is 0.161. The van der Waals surface area contributed by atoms with Crippen LogP contribution in [0.15, 0.2) is 0 Å². The lowest BCUT2D eigenvalue weighted by atomic mass is 10.0. The Bertz CT molecular complexity index is 314. The molecule has 2 saturated heterocycles. The molecule has 2 aliphatic heterocycles. The zero-order chi connectivity index (χ0) is 13.0. The summed E-state index contributed by atoms with van der Waals surface area (Å²) in [6.07, 6.45) is 1.52. The van der Waals surface area contributed by atoms with Gasteiger partial charge in [0.15, 0.2) is 6.10 Å². The summed E-state index contributed by atoms with van der Waals surface area (Å²) in [4.78, 5) is 22.5. The van der Waals surface area contributed by atoms with E-state index < -0.39 is 18.2 Å². The number of ether oxygens (including phenoxy) is 2. The van der Waals surface area contributed by atoms with Gasteiger partial charge in [0.05, 0.1) is 6.61 Å². The molecule has 2 fully saturated rings. The Morgan fingerprint density at radius 1 is 1.22 bits per heavy atom. The van der Waals surface area contributed by atoms with Crippen LogP contribution in [0.25, 0.3) is 0 Å². The van der Waals surface area contributed by atoms with E-state index in [0.717, 1.165) is 19.4 Å². The lowest BCUT2D eigenvalue weighted by molar-refractivity contribution is -0.151. The zero-order valence-corrected chi connectivity index (χ0v) is 10.3. The molecule has 0 saturated carbocycles. The minimum atomic E-state index is -0.994. The van der Waals surface area contributed by atoms with Crippen LogP contribution in [0.2, 0.25) is 0 Å². The van der Waals surface area contributed by atoms with Crippen molar-refractivity contribution in [2.45, 2.75) is 37.9 Å². The standard InChI is InChI=1S/C12H19NO5/c14-11(9-3-4-10(18-9)12(15)16)13-6-8-2-1-5-17-7-8/h8-10H,1-7H2,(H,13,14)(H,15,16)/t8?,9-,10+/m0/s1. The average molecular weight is 257 g/mol. The molecule has 6 heteroatoms. The summed E-state index contributed by atoms with van der Waals surface area (Å²) in [7, 11) is 0. The van der Waals surface area contributed by atoms with Gasteiger partial charge in [-0.1, -0.05) is 0 Å². The van der Waals surface area contributed by atoms with Gasteiger partial charge >= 0.3 is 5.97 Å². The lowest BCUT2D eigenvalue weighted by Crippen LogP contribution is -2.39. The molecule has 0 spiro atoms. The maximum absolute atomic E-state index is 11.8. The number of carbonyl (C=O) groups excluding carboxylic acids is 1. The minimum absolute atomic E-state index is 0.204. The molecule has 3 atom stereocenters. The van der Waals surface area contributed by atoms with E-state index in [4.69, 9.17) is 14.6 Å². The van der Waals surface area contributed by atoms with Gasteiger partial charge in [-0.2, -0.15) is 0 Å². The Labute approximate surface area is 106 Å². The van der Waals surface area contributed by atoms with E-state index in [9.17, 15) is 9.59 Å². The van der Waals surface area contributed by atoms with Crippen molar-refractivity contribution in [3.8, 4) is 0 Å². The van der Waals surface area contributed by atoms with E-state index >= 15 is 0 Å². The number of carboxylic acids is 1. The van der Waals surface area contributed by atoms with Gasteiger partial charge in [-0.05, 0) is 31.6 Å². The Balaban J connectivity index is 1.70. The first-order valence-corrected chi connectivity index (χ1v) is 6.40. The molecule has 0 aromatic carbocycles. The van der Waals surface area contributed by atoms with E-state index in [0.29, 0.717) is 31.9 Å². The molecule has 1 unspecified atom stereocenters. The van der Waals surface area contributed by atoms with E-state index in [-0.39, 0.29) is 5.91 Å². The molecule has 2 aliphatic rings. The Morgan fingerprint density at radius 2 is 2.00 bits per heavy atom. The average Bonchev–Trinajstić information content (AvgIpc) is 2.87. The second-order valence-electron chi connectivity index (χ2n) is 4.86. The van der Waals surface area contributed by atoms with Crippen molar-refractivity contribution in [1.29, 1.82) is 0 Å². The monoisotopic (exact) mass is 257 g/mol. The van der Waals surface area contributed by atoms with Crippen LogP contribution in [0.4, 0.5) is 0 Å². The molecule has 0 aliphatic carbocycles. The molecule has 102 valence electrons. The van der Waals surface area contributed by atoms with Gasteiger partial charge in [-0.3, -0.25) is 4.79 Å². The number of hydrogen-bond acceptors (Lipinski definition) is 4. The van der Waals surface area contributed by atoms with E-state index in [1.165, 1.54) is 0 Å². The van der Waals surface area contributed by atoms with Crippen molar-refractivity contribution >= 4 is 11.9 Å². The topological polar surface area (TPSA) is 84.9 Å². The summed E-state index contributed by atoms with van der Waals surface area (Å²) in [6.45, 7) is 2.07. The SMILES string of the molecule is O=C(NCC1CCCOC1)[C@@H]1CC[C@H](C(=O)O)O1. The van der Waals surface area contributed by atoms with Crippen LogP contribution in [0.5, 0.6) is 0 Å². The number of carboxylic acid groups (broad SMARTS) is 1. The minimum Gasteiger partial charge on any atom is -0.479 e. The van der Waals surface area contributed by atoms with E-state index in [1.54, 1.807) is 0 Å². The maximum Gasteiger partial charge on any atom is 0.332 e. The summed E-state index contributed by atoms with van der Waals surface area (Å²) in [5, 5.41) is 11.6. The summed E-state index contributed by atoms with van der Waals surface area (Å²) in [6, 6.07) is 0. The molecule has 6 nitrogen and oxygen atoms in total. The van der Waals surface area contributed by atoms with Gasteiger partial charge in [0.25, 0.3) is 0 Å². The third-order valence-electron chi connectivity index (χ3n) is 3.41. The highest BCUT2D eigenvalue weighted by atomic mass is 16.5. The first-order chi connectivity index (χ1) is 8.66. The van der Waals surface area contributed by atoms with Gasteiger partial charge < -0.3 is 19.9 Å². The number of amides is 1. The fourth-order valence-corrected chi connectivity index (χ4v) is 2.34. The number of nitrogens with one attached hydrogen (secondary N) is 1. The fraction of sp³-hybridized carbons (Fsp3) is 0.833. The number of rotatable bonds is 4. The van der Waals surface area contributed by atoms with Gasteiger partial charge in [-0.15, -0.1) is 0 Å². The van der Waals surface area contributed by atoms with Crippen LogP contribution in [0, 0.1) is 5.92 Å². The fourth-order valence-electron chi connectivity index (χ4n) is 2.34. The Kier molecular flexibility index (Phi) is 4.54. The zero-order valence-electron chi connectivity index (χ0n) is 10.3.